The fourth-order valence-corrected chi connectivity index (χ4v) is 1.27. The average Bonchev–Trinajstić information content (AvgIpc) is 2.70. The highest BCUT2D eigenvalue weighted by atomic mass is 35.5. The fourth-order valence-electron chi connectivity index (χ4n) is 1.08. The summed E-state index contributed by atoms with van der Waals surface area (Å²) in [6.07, 6.45) is 1.42. The zero-order valence-corrected chi connectivity index (χ0v) is 8.32. The van der Waals surface area contributed by atoms with Crippen LogP contribution >= 0.6 is 11.6 Å². The molecule has 1 aromatic heterocycles. The molecule has 15 heavy (non-hydrogen) atoms. The van der Waals surface area contributed by atoms with Crippen molar-refractivity contribution in [2.24, 2.45) is 0 Å². The Morgan fingerprint density at radius 1 is 1.47 bits per heavy atom. The van der Waals surface area contributed by atoms with Crippen LogP contribution in [0.15, 0.2) is 30.5 Å². The number of halogens is 1. The Kier molecular flexibility index (Phi) is 2.64. The van der Waals surface area contributed by atoms with Crippen LogP contribution in [0.4, 0.5) is 5.82 Å². The van der Waals surface area contributed by atoms with Crippen LogP contribution in [0, 0.1) is 0 Å². The summed E-state index contributed by atoms with van der Waals surface area (Å²) < 4.78 is 0. The lowest BCUT2D eigenvalue weighted by Gasteiger charge is -2.00. The molecule has 0 fully saturated rings. The maximum absolute atomic E-state index is 11.6. The number of hydrogen-bond acceptors (Lipinski definition) is 3. The molecule has 1 amide bonds. The highest BCUT2D eigenvalue weighted by Crippen LogP contribution is 2.11. The number of carbonyl (C=O) groups is 1. The van der Waals surface area contributed by atoms with Crippen molar-refractivity contribution in [1.82, 2.24) is 15.4 Å². The van der Waals surface area contributed by atoms with E-state index in [-0.39, 0.29) is 5.91 Å². The topological polar surface area (TPSA) is 70.7 Å². The molecular weight excluding hydrogens is 216 g/mol. The first-order chi connectivity index (χ1) is 7.25. The van der Waals surface area contributed by atoms with Gasteiger partial charge in [-0.25, -0.2) is 0 Å². The van der Waals surface area contributed by atoms with Crippen LogP contribution in [0.1, 0.15) is 10.4 Å². The smallest absolute Gasteiger partial charge is 0.256 e. The zero-order valence-electron chi connectivity index (χ0n) is 7.57. The Morgan fingerprint density at radius 2 is 2.33 bits per heavy atom. The monoisotopic (exact) mass is 222 g/mol. The van der Waals surface area contributed by atoms with Gasteiger partial charge in [0, 0.05) is 10.6 Å². The van der Waals surface area contributed by atoms with Crippen molar-refractivity contribution in [1.29, 1.82) is 0 Å². The predicted octanol–water partition coefficient (Wildman–Crippen LogP) is 1.71. The Labute approximate surface area is 90.5 Å². The third-order valence-corrected chi connectivity index (χ3v) is 1.98. The number of nitrogens with one attached hydrogen (secondary N) is 2. The predicted molar refractivity (Wildman–Crippen MR) is 55.8 cm³/mol. The zero-order chi connectivity index (χ0) is 10.7. The van der Waals surface area contributed by atoms with E-state index in [0.29, 0.717) is 16.4 Å². The number of anilines is 1. The van der Waals surface area contributed by atoms with Crippen LogP contribution < -0.4 is 5.32 Å². The van der Waals surface area contributed by atoms with Gasteiger partial charge in [-0.2, -0.15) is 10.3 Å². The molecule has 2 aromatic rings. The minimum absolute atomic E-state index is 0.272. The van der Waals surface area contributed by atoms with Gasteiger partial charge in [-0.05, 0) is 18.2 Å². The second-order valence-corrected chi connectivity index (χ2v) is 3.26. The van der Waals surface area contributed by atoms with E-state index >= 15 is 0 Å². The van der Waals surface area contributed by atoms with Gasteiger partial charge in [0.15, 0.2) is 5.82 Å². The van der Waals surface area contributed by atoms with Crippen molar-refractivity contribution in [2.45, 2.75) is 0 Å². The number of H-pyrrole nitrogens is 1. The van der Waals surface area contributed by atoms with E-state index in [4.69, 9.17) is 11.6 Å². The van der Waals surface area contributed by atoms with Gasteiger partial charge in [0.05, 0.1) is 6.20 Å². The normalized spacial score (nSPS) is 9.93. The first-order valence-corrected chi connectivity index (χ1v) is 4.56. The fraction of sp³-hybridized carbons (Fsp3) is 0. The number of carbonyl (C=O) groups excluding carboxylic acids is 1. The van der Waals surface area contributed by atoms with E-state index < -0.39 is 0 Å². The number of benzene rings is 1. The molecular formula is C9H7ClN4O. The maximum atomic E-state index is 11.6. The maximum Gasteiger partial charge on any atom is 0.256 e. The SMILES string of the molecule is O=C(Nc1cn[nH]n1)c1cccc(Cl)c1. The minimum atomic E-state index is -0.272. The van der Waals surface area contributed by atoms with E-state index in [1.165, 1.54) is 6.20 Å². The summed E-state index contributed by atoms with van der Waals surface area (Å²) in [5.74, 6) is 0.103. The van der Waals surface area contributed by atoms with Gasteiger partial charge >= 0.3 is 0 Å². The highest BCUT2D eigenvalue weighted by Gasteiger charge is 2.07. The third-order valence-electron chi connectivity index (χ3n) is 1.74. The second-order valence-electron chi connectivity index (χ2n) is 2.82. The summed E-state index contributed by atoms with van der Waals surface area (Å²) in [5, 5.41) is 12.7. The molecule has 0 bridgehead atoms. The van der Waals surface area contributed by atoms with Crippen LogP contribution in [0.5, 0.6) is 0 Å². The molecule has 2 rings (SSSR count). The van der Waals surface area contributed by atoms with Crippen LogP contribution in [-0.4, -0.2) is 21.3 Å². The van der Waals surface area contributed by atoms with Crippen molar-refractivity contribution < 1.29 is 4.79 Å². The molecule has 2 N–H and O–H groups in total. The van der Waals surface area contributed by atoms with Gasteiger partial charge in [0.1, 0.15) is 0 Å². The molecule has 0 aliphatic carbocycles. The molecule has 0 atom stereocenters. The molecule has 0 aliphatic rings. The van der Waals surface area contributed by atoms with Crippen LogP contribution in [0.3, 0.4) is 0 Å². The summed E-state index contributed by atoms with van der Waals surface area (Å²) in [6.45, 7) is 0. The molecule has 6 heteroatoms. The summed E-state index contributed by atoms with van der Waals surface area (Å²) >= 11 is 5.76. The second kappa shape index (κ2) is 4.10. The van der Waals surface area contributed by atoms with Crippen molar-refractivity contribution >= 4 is 23.3 Å². The van der Waals surface area contributed by atoms with Gasteiger partial charge in [0.2, 0.25) is 0 Å². The summed E-state index contributed by atoms with van der Waals surface area (Å²) in [4.78, 5) is 11.6. The Morgan fingerprint density at radius 3 is 3.00 bits per heavy atom. The van der Waals surface area contributed by atoms with Crippen molar-refractivity contribution in [3.8, 4) is 0 Å². The van der Waals surface area contributed by atoms with Gasteiger partial charge in [-0.3, -0.25) is 4.79 Å². The molecule has 0 spiro atoms. The van der Waals surface area contributed by atoms with Crippen molar-refractivity contribution in [3.05, 3.63) is 41.0 Å². The summed E-state index contributed by atoms with van der Waals surface area (Å²) in [6, 6.07) is 6.66. The minimum Gasteiger partial charge on any atom is -0.304 e. The highest BCUT2D eigenvalue weighted by molar-refractivity contribution is 6.31. The molecule has 0 saturated carbocycles. The average molecular weight is 223 g/mol. The number of amides is 1. The number of rotatable bonds is 2. The molecule has 5 nitrogen and oxygen atoms in total. The largest absolute Gasteiger partial charge is 0.304 e. The molecule has 1 heterocycles. The lowest BCUT2D eigenvalue weighted by atomic mass is 10.2. The van der Waals surface area contributed by atoms with Crippen LogP contribution in [0.2, 0.25) is 5.02 Å². The van der Waals surface area contributed by atoms with Crippen molar-refractivity contribution in [2.75, 3.05) is 5.32 Å². The number of aromatic amines is 1. The van der Waals surface area contributed by atoms with E-state index in [9.17, 15) is 4.79 Å². The lowest BCUT2D eigenvalue weighted by Crippen LogP contribution is -2.11. The third kappa shape index (κ3) is 2.32. The molecule has 0 aliphatic heterocycles. The number of aromatic nitrogens is 3. The number of hydrogen-bond donors (Lipinski definition) is 2. The standard InChI is InChI=1S/C9H7ClN4O/c10-7-3-1-2-6(4-7)9(15)12-8-5-11-14-13-8/h1-5H,(H2,11,12,13,14,15). The molecule has 0 radical (unpaired) electrons. The molecule has 1 aromatic carbocycles. The van der Waals surface area contributed by atoms with Crippen LogP contribution in [-0.2, 0) is 0 Å². The Hall–Kier alpha value is -1.88. The molecule has 0 saturated heterocycles. The molecule has 76 valence electrons. The van der Waals surface area contributed by atoms with Crippen molar-refractivity contribution in [3.63, 3.8) is 0 Å². The van der Waals surface area contributed by atoms with Crippen LogP contribution in [0.25, 0.3) is 0 Å². The van der Waals surface area contributed by atoms with Gasteiger partial charge in [-0.1, -0.05) is 17.7 Å². The first kappa shape index (κ1) is 9.67. The van der Waals surface area contributed by atoms with E-state index in [2.05, 4.69) is 20.7 Å². The first-order valence-electron chi connectivity index (χ1n) is 4.18. The van der Waals surface area contributed by atoms with Gasteiger partial charge in [-0.15, -0.1) is 5.10 Å². The van der Waals surface area contributed by atoms with Gasteiger partial charge < -0.3 is 5.32 Å². The lowest BCUT2D eigenvalue weighted by molar-refractivity contribution is 0.102. The Bertz CT molecular complexity index is 469. The van der Waals surface area contributed by atoms with E-state index in [0.717, 1.165) is 0 Å². The Balaban J connectivity index is 2.15. The van der Waals surface area contributed by atoms with E-state index in [1.54, 1.807) is 24.3 Å². The van der Waals surface area contributed by atoms with E-state index in [1.807, 2.05) is 0 Å². The number of nitrogens with zero attached hydrogens (tertiary/aromatic N) is 2. The van der Waals surface area contributed by atoms with Gasteiger partial charge in [0.25, 0.3) is 5.91 Å². The summed E-state index contributed by atoms with van der Waals surface area (Å²) in [7, 11) is 0. The quantitative estimate of drug-likeness (QED) is 0.813. The summed E-state index contributed by atoms with van der Waals surface area (Å²) in [5.41, 5.74) is 0.477. The molecule has 0 unspecified atom stereocenters.